The zero-order valence-corrected chi connectivity index (χ0v) is 10.1. The lowest BCUT2D eigenvalue weighted by molar-refractivity contribution is 0.0911. The Hall–Kier alpha value is -2.27. The fourth-order valence-corrected chi connectivity index (χ4v) is 1.66. The van der Waals surface area contributed by atoms with E-state index in [2.05, 4.69) is 10.3 Å². The van der Waals surface area contributed by atoms with Crippen molar-refractivity contribution in [3.63, 3.8) is 0 Å². The third kappa shape index (κ3) is 3.35. The van der Waals surface area contributed by atoms with Gasteiger partial charge in [0.15, 0.2) is 0 Å². The maximum absolute atomic E-state index is 12.7. The maximum atomic E-state index is 12.7. The van der Waals surface area contributed by atoms with E-state index < -0.39 is 17.8 Å². The highest BCUT2D eigenvalue weighted by Gasteiger charge is 2.15. The van der Waals surface area contributed by atoms with Crippen molar-refractivity contribution < 1.29 is 14.3 Å². The summed E-state index contributed by atoms with van der Waals surface area (Å²) in [6.07, 6.45) is 0.978. The molecule has 0 aliphatic heterocycles. The van der Waals surface area contributed by atoms with Crippen LogP contribution < -0.4 is 5.32 Å². The van der Waals surface area contributed by atoms with Crippen LogP contribution in [0.2, 0.25) is 0 Å². The average Bonchev–Trinajstić information content (AvgIpc) is 2.46. The van der Waals surface area contributed by atoms with Gasteiger partial charge in [-0.1, -0.05) is 30.3 Å². The van der Waals surface area contributed by atoms with Gasteiger partial charge in [0.1, 0.15) is 11.5 Å². The number of hydrogen-bond donors (Lipinski definition) is 2. The number of aliphatic hydroxyl groups is 1. The van der Waals surface area contributed by atoms with Crippen LogP contribution in [0.25, 0.3) is 0 Å². The minimum atomic E-state index is -0.513. The van der Waals surface area contributed by atoms with E-state index in [9.17, 15) is 14.3 Å². The van der Waals surface area contributed by atoms with Gasteiger partial charge in [0.2, 0.25) is 0 Å². The van der Waals surface area contributed by atoms with Crippen LogP contribution in [0.15, 0.2) is 48.7 Å². The van der Waals surface area contributed by atoms with Gasteiger partial charge in [-0.15, -0.1) is 0 Å². The quantitative estimate of drug-likeness (QED) is 0.879. The van der Waals surface area contributed by atoms with Crippen molar-refractivity contribution in [1.29, 1.82) is 0 Å². The van der Waals surface area contributed by atoms with Gasteiger partial charge >= 0.3 is 0 Å². The van der Waals surface area contributed by atoms with Crippen molar-refractivity contribution in [3.05, 3.63) is 65.7 Å². The van der Waals surface area contributed by atoms with Crippen molar-refractivity contribution >= 4 is 5.91 Å². The molecule has 0 saturated carbocycles. The van der Waals surface area contributed by atoms with Gasteiger partial charge in [0.05, 0.1) is 18.8 Å². The molecule has 1 aromatic heterocycles. The lowest BCUT2D eigenvalue weighted by atomic mass is 10.1. The highest BCUT2D eigenvalue weighted by atomic mass is 19.1. The SMILES string of the molecule is O=C(N[C@H](CO)c1ccccc1)c1ccc(F)cn1. The second-order valence-corrected chi connectivity index (χ2v) is 3.98. The van der Waals surface area contributed by atoms with Crippen molar-refractivity contribution in [2.75, 3.05) is 6.61 Å². The normalized spacial score (nSPS) is 11.9. The van der Waals surface area contributed by atoms with Crippen LogP contribution in [0.3, 0.4) is 0 Å². The number of aliphatic hydroxyl groups excluding tert-OH is 1. The van der Waals surface area contributed by atoms with E-state index in [1.807, 2.05) is 18.2 Å². The van der Waals surface area contributed by atoms with Crippen LogP contribution >= 0.6 is 0 Å². The molecule has 0 radical (unpaired) electrons. The molecule has 2 rings (SSSR count). The minimum Gasteiger partial charge on any atom is -0.394 e. The van der Waals surface area contributed by atoms with Gasteiger partial charge in [0, 0.05) is 0 Å². The number of amides is 1. The first-order valence-electron chi connectivity index (χ1n) is 5.79. The first-order valence-corrected chi connectivity index (χ1v) is 5.79. The Morgan fingerprint density at radius 3 is 2.58 bits per heavy atom. The third-order valence-corrected chi connectivity index (χ3v) is 2.65. The number of carbonyl (C=O) groups is 1. The van der Waals surface area contributed by atoms with Gasteiger partial charge in [-0.05, 0) is 17.7 Å². The van der Waals surface area contributed by atoms with Crippen LogP contribution in [-0.2, 0) is 0 Å². The Kier molecular flexibility index (Phi) is 4.20. The molecule has 2 aromatic rings. The van der Waals surface area contributed by atoms with Crippen LogP contribution in [0.5, 0.6) is 0 Å². The van der Waals surface area contributed by atoms with E-state index in [0.29, 0.717) is 0 Å². The summed E-state index contributed by atoms with van der Waals surface area (Å²) in [6, 6.07) is 11.0. The van der Waals surface area contributed by atoms with E-state index in [1.165, 1.54) is 12.1 Å². The summed E-state index contributed by atoms with van der Waals surface area (Å²) in [6.45, 7) is -0.225. The number of carbonyl (C=O) groups excluding carboxylic acids is 1. The van der Waals surface area contributed by atoms with E-state index in [0.717, 1.165) is 11.8 Å². The molecule has 98 valence electrons. The molecule has 0 bridgehead atoms. The second-order valence-electron chi connectivity index (χ2n) is 3.98. The van der Waals surface area contributed by atoms with Gasteiger partial charge in [-0.25, -0.2) is 9.37 Å². The smallest absolute Gasteiger partial charge is 0.270 e. The first-order chi connectivity index (χ1) is 9.20. The molecule has 4 nitrogen and oxygen atoms in total. The highest BCUT2D eigenvalue weighted by Crippen LogP contribution is 2.12. The van der Waals surface area contributed by atoms with Crippen molar-refractivity contribution in [3.8, 4) is 0 Å². The fraction of sp³-hybridized carbons (Fsp3) is 0.143. The average molecular weight is 260 g/mol. The van der Waals surface area contributed by atoms with Crippen LogP contribution in [0.1, 0.15) is 22.1 Å². The van der Waals surface area contributed by atoms with E-state index in [1.54, 1.807) is 12.1 Å². The molecule has 1 amide bonds. The number of halogens is 1. The minimum absolute atomic E-state index is 0.107. The Balaban J connectivity index is 2.10. The fourth-order valence-electron chi connectivity index (χ4n) is 1.66. The molecule has 1 aromatic carbocycles. The Bertz CT molecular complexity index is 543. The number of aromatic nitrogens is 1. The van der Waals surface area contributed by atoms with E-state index in [-0.39, 0.29) is 12.3 Å². The Morgan fingerprint density at radius 2 is 2.00 bits per heavy atom. The molecule has 0 fully saturated rings. The predicted octanol–water partition coefficient (Wildman–Crippen LogP) is 1.68. The molecule has 0 spiro atoms. The van der Waals surface area contributed by atoms with Crippen molar-refractivity contribution in [2.45, 2.75) is 6.04 Å². The van der Waals surface area contributed by atoms with Gasteiger partial charge in [0.25, 0.3) is 5.91 Å². The number of pyridine rings is 1. The first kappa shape index (κ1) is 13.2. The topological polar surface area (TPSA) is 62.2 Å². The molecule has 5 heteroatoms. The Morgan fingerprint density at radius 1 is 1.26 bits per heavy atom. The molecule has 0 aliphatic rings. The number of hydrogen-bond acceptors (Lipinski definition) is 3. The maximum Gasteiger partial charge on any atom is 0.270 e. The van der Waals surface area contributed by atoms with E-state index >= 15 is 0 Å². The largest absolute Gasteiger partial charge is 0.394 e. The van der Waals surface area contributed by atoms with Crippen LogP contribution in [0, 0.1) is 5.82 Å². The van der Waals surface area contributed by atoms with Crippen LogP contribution in [-0.4, -0.2) is 22.6 Å². The molecule has 2 N–H and O–H groups in total. The third-order valence-electron chi connectivity index (χ3n) is 2.65. The molecular weight excluding hydrogens is 247 g/mol. The van der Waals surface area contributed by atoms with Gasteiger partial charge in [-0.3, -0.25) is 4.79 Å². The van der Waals surface area contributed by atoms with Gasteiger partial charge < -0.3 is 10.4 Å². The summed E-state index contributed by atoms with van der Waals surface area (Å²) in [5, 5.41) is 12.0. The van der Waals surface area contributed by atoms with Crippen molar-refractivity contribution in [2.24, 2.45) is 0 Å². The van der Waals surface area contributed by atoms with E-state index in [4.69, 9.17) is 0 Å². The second kappa shape index (κ2) is 6.06. The molecule has 0 unspecified atom stereocenters. The summed E-state index contributed by atoms with van der Waals surface area (Å²) >= 11 is 0. The van der Waals surface area contributed by atoms with Crippen LogP contribution in [0.4, 0.5) is 4.39 Å². The molecular formula is C14H13FN2O2. The molecule has 0 aliphatic carbocycles. The summed E-state index contributed by atoms with van der Waals surface area (Å²) in [4.78, 5) is 15.6. The summed E-state index contributed by atoms with van der Waals surface area (Å²) in [5.41, 5.74) is 0.899. The lowest BCUT2D eigenvalue weighted by Crippen LogP contribution is -2.31. The van der Waals surface area contributed by atoms with Crippen molar-refractivity contribution in [1.82, 2.24) is 10.3 Å². The predicted molar refractivity (Wildman–Crippen MR) is 67.9 cm³/mol. The zero-order valence-electron chi connectivity index (χ0n) is 10.1. The summed E-state index contributed by atoms with van der Waals surface area (Å²) in [7, 11) is 0. The number of rotatable bonds is 4. The summed E-state index contributed by atoms with van der Waals surface area (Å²) < 4.78 is 12.7. The monoisotopic (exact) mass is 260 g/mol. The van der Waals surface area contributed by atoms with Gasteiger partial charge in [-0.2, -0.15) is 0 Å². The standard InChI is InChI=1S/C14H13FN2O2/c15-11-6-7-12(16-8-11)14(19)17-13(9-18)10-4-2-1-3-5-10/h1-8,13,18H,9H2,(H,17,19)/t13-/m1/s1. The zero-order chi connectivity index (χ0) is 13.7. The lowest BCUT2D eigenvalue weighted by Gasteiger charge is -2.16. The summed E-state index contributed by atoms with van der Waals surface area (Å²) in [5.74, 6) is -0.957. The molecule has 0 saturated heterocycles. The highest BCUT2D eigenvalue weighted by molar-refractivity contribution is 5.92. The molecule has 1 heterocycles. The number of nitrogens with zero attached hydrogens (tertiary/aromatic N) is 1. The molecule has 19 heavy (non-hydrogen) atoms. The number of benzene rings is 1. The number of nitrogens with one attached hydrogen (secondary N) is 1. The molecule has 1 atom stereocenters. The Labute approximate surface area is 109 Å².